The van der Waals surface area contributed by atoms with Gasteiger partial charge in [0, 0.05) is 41.5 Å². The molecule has 0 radical (unpaired) electrons. The Bertz CT molecular complexity index is 1030. The van der Waals surface area contributed by atoms with Gasteiger partial charge in [-0.25, -0.2) is 0 Å². The van der Waals surface area contributed by atoms with Crippen molar-refractivity contribution in [2.45, 2.75) is 63.6 Å². The topological polar surface area (TPSA) is 69.7 Å². The number of aromatic amines is 1. The van der Waals surface area contributed by atoms with Crippen molar-refractivity contribution in [2.75, 3.05) is 11.9 Å². The van der Waals surface area contributed by atoms with E-state index in [1.807, 2.05) is 12.4 Å². The zero-order valence-corrected chi connectivity index (χ0v) is 18.2. The SMILES string of the molecule is Cc1cc(-c2cn[nH]c2)ccc1-c1ccc(N(C)C2C[C@]3(C)CC[C@](C)(C2)N3)nn1. The summed E-state index contributed by atoms with van der Waals surface area (Å²) in [5.41, 5.74) is 5.93. The highest BCUT2D eigenvalue weighted by Gasteiger charge is 2.49. The van der Waals surface area contributed by atoms with Gasteiger partial charge >= 0.3 is 0 Å². The third-order valence-corrected chi connectivity index (χ3v) is 7.10. The Kier molecular flexibility index (Phi) is 4.43. The molecule has 2 N–H and O–H groups in total. The number of H-pyrrole nitrogens is 1. The van der Waals surface area contributed by atoms with Crippen LogP contribution in [0, 0.1) is 6.92 Å². The molecule has 156 valence electrons. The molecule has 4 heterocycles. The lowest BCUT2D eigenvalue weighted by atomic mass is 9.84. The molecule has 2 saturated heterocycles. The number of nitrogens with zero attached hydrogens (tertiary/aromatic N) is 4. The van der Waals surface area contributed by atoms with E-state index in [1.165, 1.54) is 18.4 Å². The van der Waals surface area contributed by atoms with Crippen LogP contribution in [-0.4, -0.2) is 44.6 Å². The summed E-state index contributed by atoms with van der Waals surface area (Å²) in [6.07, 6.45) is 8.56. The first kappa shape index (κ1) is 19.2. The molecule has 0 aliphatic carbocycles. The number of rotatable bonds is 4. The van der Waals surface area contributed by atoms with Gasteiger partial charge in [0.25, 0.3) is 0 Å². The third-order valence-electron chi connectivity index (χ3n) is 7.10. The Morgan fingerprint density at radius 2 is 1.77 bits per heavy atom. The average Bonchev–Trinajstić information content (AvgIpc) is 3.33. The fourth-order valence-electron chi connectivity index (χ4n) is 5.48. The van der Waals surface area contributed by atoms with E-state index in [0.29, 0.717) is 6.04 Å². The van der Waals surface area contributed by atoms with Crippen molar-refractivity contribution >= 4 is 5.82 Å². The molecular weight excluding hydrogens is 372 g/mol. The van der Waals surface area contributed by atoms with Gasteiger partial charge in [-0.2, -0.15) is 5.10 Å². The van der Waals surface area contributed by atoms with E-state index < -0.39 is 0 Å². The molecule has 0 amide bonds. The average molecular weight is 403 g/mol. The number of aromatic nitrogens is 4. The molecule has 1 unspecified atom stereocenters. The van der Waals surface area contributed by atoms with Gasteiger partial charge < -0.3 is 10.2 Å². The van der Waals surface area contributed by atoms with Crippen molar-refractivity contribution < 1.29 is 0 Å². The number of anilines is 1. The molecular formula is C24H30N6. The highest BCUT2D eigenvalue weighted by molar-refractivity contribution is 5.71. The number of fused-ring (bicyclic) bond motifs is 2. The minimum absolute atomic E-state index is 0.243. The maximum atomic E-state index is 4.60. The van der Waals surface area contributed by atoms with E-state index in [1.54, 1.807) is 0 Å². The van der Waals surface area contributed by atoms with E-state index >= 15 is 0 Å². The van der Waals surface area contributed by atoms with Crippen LogP contribution in [0.4, 0.5) is 5.82 Å². The van der Waals surface area contributed by atoms with Crippen LogP contribution in [0.1, 0.15) is 45.1 Å². The highest BCUT2D eigenvalue weighted by Crippen LogP contribution is 2.43. The summed E-state index contributed by atoms with van der Waals surface area (Å²) >= 11 is 0. The summed E-state index contributed by atoms with van der Waals surface area (Å²) in [6.45, 7) is 6.85. The molecule has 2 aliphatic heterocycles. The first-order valence-corrected chi connectivity index (χ1v) is 10.8. The smallest absolute Gasteiger partial charge is 0.151 e. The standard InChI is InChI=1S/C24H30N6/c1-16-11-17(18-14-25-26-15-18)5-6-20(16)21-7-8-22(28-27-21)30(4)19-12-23(2)9-10-24(3,13-19)29-23/h5-8,11,14-15,19,29H,9-10,12-13H2,1-4H3,(H,25,26)/t19?,23-,24+. The van der Waals surface area contributed by atoms with Crippen LogP contribution in [-0.2, 0) is 0 Å². The van der Waals surface area contributed by atoms with Crippen LogP contribution >= 0.6 is 0 Å². The van der Waals surface area contributed by atoms with Gasteiger partial charge in [0.1, 0.15) is 0 Å². The van der Waals surface area contributed by atoms with Gasteiger partial charge in [0.2, 0.25) is 0 Å². The molecule has 30 heavy (non-hydrogen) atoms. The van der Waals surface area contributed by atoms with Gasteiger partial charge in [-0.1, -0.05) is 18.2 Å². The highest BCUT2D eigenvalue weighted by atomic mass is 15.3. The molecule has 2 fully saturated rings. The lowest BCUT2D eigenvalue weighted by Crippen LogP contribution is -2.58. The second-order valence-corrected chi connectivity index (χ2v) is 9.71. The van der Waals surface area contributed by atoms with E-state index in [0.717, 1.165) is 41.0 Å². The lowest BCUT2D eigenvalue weighted by Gasteiger charge is -2.45. The number of nitrogens with one attached hydrogen (secondary N) is 2. The predicted molar refractivity (Wildman–Crippen MR) is 120 cm³/mol. The fraction of sp³-hybridized carbons (Fsp3) is 0.458. The minimum Gasteiger partial charge on any atom is -0.355 e. The molecule has 0 spiro atoms. The summed E-state index contributed by atoms with van der Waals surface area (Å²) in [7, 11) is 2.16. The van der Waals surface area contributed by atoms with Crippen molar-refractivity contribution in [1.82, 2.24) is 25.7 Å². The molecule has 6 nitrogen and oxygen atoms in total. The number of piperidine rings is 1. The summed E-state index contributed by atoms with van der Waals surface area (Å²) < 4.78 is 0. The quantitative estimate of drug-likeness (QED) is 0.679. The van der Waals surface area contributed by atoms with E-state index in [2.05, 4.69) is 88.8 Å². The van der Waals surface area contributed by atoms with E-state index in [9.17, 15) is 0 Å². The Morgan fingerprint density at radius 1 is 1.00 bits per heavy atom. The third kappa shape index (κ3) is 3.39. The van der Waals surface area contributed by atoms with Crippen molar-refractivity contribution in [3.8, 4) is 22.4 Å². The molecule has 3 atom stereocenters. The number of benzene rings is 1. The molecule has 5 rings (SSSR count). The second kappa shape index (κ2) is 6.91. The Balaban J connectivity index is 1.36. The molecule has 2 aromatic heterocycles. The molecule has 2 aliphatic rings. The van der Waals surface area contributed by atoms with E-state index in [-0.39, 0.29) is 11.1 Å². The van der Waals surface area contributed by atoms with Crippen LogP contribution in [0.5, 0.6) is 0 Å². The maximum Gasteiger partial charge on any atom is 0.151 e. The zero-order valence-electron chi connectivity index (χ0n) is 18.2. The first-order valence-electron chi connectivity index (χ1n) is 10.8. The normalized spacial score (nSPS) is 27.9. The van der Waals surface area contributed by atoms with Crippen LogP contribution in [0.3, 0.4) is 0 Å². The van der Waals surface area contributed by atoms with Gasteiger partial charge in [0.05, 0.1) is 11.9 Å². The first-order chi connectivity index (χ1) is 14.3. The Morgan fingerprint density at radius 3 is 2.37 bits per heavy atom. The van der Waals surface area contributed by atoms with Crippen molar-refractivity contribution in [1.29, 1.82) is 0 Å². The number of hydrogen-bond acceptors (Lipinski definition) is 5. The molecule has 6 heteroatoms. The Labute approximate surface area is 178 Å². The summed E-state index contributed by atoms with van der Waals surface area (Å²) in [5, 5.41) is 20.0. The number of hydrogen-bond donors (Lipinski definition) is 2. The van der Waals surface area contributed by atoms with Gasteiger partial charge in [-0.3, -0.25) is 5.10 Å². The minimum atomic E-state index is 0.243. The van der Waals surface area contributed by atoms with Crippen molar-refractivity contribution in [3.05, 3.63) is 48.3 Å². The summed E-state index contributed by atoms with van der Waals surface area (Å²) in [5.74, 6) is 0.949. The molecule has 1 aromatic carbocycles. The van der Waals surface area contributed by atoms with Gasteiger partial charge in [-0.15, -0.1) is 10.2 Å². The Hall–Kier alpha value is -2.73. The molecule has 2 bridgehead atoms. The van der Waals surface area contributed by atoms with Crippen molar-refractivity contribution in [2.24, 2.45) is 0 Å². The summed E-state index contributed by atoms with van der Waals surface area (Å²) in [6, 6.07) is 11.1. The van der Waals surface area contributed by atoms with Gasteiger partial charge in [0.15, 0.2) is 5.82 Å². The lowest BCUT2D eigenvalue weighted by molar-refractivity contribution is 0.207. The largest absolute Gasteiger partial charge is 0.355 e. The van der Waals surface area contributed by atoms with E-state index in [4.69, 9.17) is 0 Å². The van der Waals surface area contributed by atoms with Crippen molar-refractivity contribution in [3.63, 3.8) is 0 Å². The predicted octanol–water partition coefficient (Wildman–Crippen LogP) is 4.34. The van der Waals surface area contributed by atoms with Crippen LogP contribution < -0.4 is 10.2 Å². The van der Waals surface area contributed by atoms with Gasteiger partial charge in [-0.05, 0) is 69.7 Å². The van der Waals surface area contributed by atoms with Crippen LogP contribution in [0.2, 0.25) is 0 Å². The number of aryl methyl sites for hydroxylation is 1. The van der Waals surface area contributed by atoms with Crippen LogP contribution in [0.15, 0.2) is 42.7 Å². The molecule has 0 saturated carbocycles. The maximum absolute atomic E-state index is 4.60. The monoisotopic (exact) mass is 402 g/mol. The van der Waals surface area contributed by atoms with Crippen LogP contribution in [0.25, 0.3) is 22.4 Å². The zero-order chi connectivity index (χ0) is 20.9. The fourth-order valence-corrected chi connectivity index (χ4v) is 5.48. The molecule has 3 aromatic rings. The summed E-state index contributed by atoms with van der Waals surface area (Å²) in [4.78, 5) is 2.33. The second-order valence-electron chi connectivity index (χ2n) is 9.71.